The molecule has 8 heteroatoms. The van der Waals surface area contributed by atoms with Crippen LogP contribution in [0.4, 0.5) is 11.4 Å². The zero-order valence-corrected chi connectivity index (χ0v) is 12.5. The normalized spacial score (nSPS) is 9.96. The van der Waals surface area contributed by atoms with Crippen molar-refractivity contribution in [3.05, 3.63) is 69.2 Å². The maximum absolute atomic E-state index is 11.9. The van der Waals surface area contributed by atoms with Crippen LogP contribution in [-0.4, -0.2) is 23.3 Å². The predicted octanol–water partition coefficient (Wildman–Crippen LogP) is 2.62. The number of nitrogens with one attached hydrogen (secondary N) is 2. The molecule has 0 bridgehead atoms. The highest BCUT2D eigenvalue weighted by Crippen LogP contribution is 2.20. The van der Waals surface area contributed by atoms with E-state index in [1.807, 2.05) is 0 Å². The number of rotatable bonds is 5. The Hall–Kier alpha value is -2.93. The Kier molecular flexibility index (Phi) is 5.27. The highest BCUT2D eigenvalue weighted by molar-refractivity contribution is 6.33. The summed E-state index contributed by atoms with van der Waals surface area (Å²) < 4.78 is 0. The van der Waals surface area contributed by atoms with Gasteiger partial charge in [0.2, 0.25) is 5.91 Å². The van der Waals surface area contributed by atoms with Crippen molar-refractivity contribution < 1.29 is 14.5 Å². The van der Waals surface area contributed by atoms with Gasteiger partial charge in [0.1, 0.15) is 0 Å². The average Bonchev–Trinajstić information content (AvgIpc) is 2.55. The highest BCUT2D eigenvalue weighted by Gasteiger charge is 2.12. The molecule has 7 nitrogen and oxygen atoms in total. The van der Waals surface area contributed by atoms with Crippen molar-refractivity contribution in [2.75, 3.05) is 11.9 Å². The van der Waals surface area contributed by atoms with E-state index in [0.29, 0.717) is 10.7 Å². The maximum atomic E-state index is 11.9. The molecule has 0 heterocycles. The molecule has 0 aliphatic carbocycles. The quantitative estimate of drug-likeness (QED) is 0.648. The van der Waals surface area contributed by atoms with E-state index in [1.54, 1.807) is 24.3 Å². The minimum atomic E-state index is -0.596. The number of non-ortho nitro benzene ring substituents is 1. The predicted molar refractivity (Wildman–Crippen MR) is 85.5 cm³/mol. The Morgan fingerprint density at radius 1 is 1.13 bits per heavy atom. The Labute approximate surface area is 136 Å². The van der Waals surface area contributed by atoms with Crippen molar-refractivity contribution >= 4 is 34.8 Å². The Morgan fingerprint density at radius 3 is 2.57 bits per heavy atom. The third kappa shape index (κ3) is 4.52. The summed E-state index contributed by atoms with van der Waals surface area (Å²) >= 11 is 5.91. The van der Waals surface area contributed by atoms with Gasteiger partial charge in [-0.25, -0.2) is 0 Å². The first kappa shape index (κ1) is 16.4. The number of carbonyl (C=O) groups is 2. The minimum absolute atomic E-state index is 0.102. The van der Waals surface area contributed by atoms with Crippen LogP contribution in [0.3, 0.4) is 0 Å². The lowest BCUT2D eigenvalue weighted by Crippen LogP contribution is -2.32. The average molecular weight is 334 g/mol. The first-order chi connectivity index (χ1) is 11.0. The van der Waals surface area contributed by atoms with Gasteiger partial charge in [0.25, 0.3) is 11.6 Å². The Morgan fingerprint density at radius 2 is 1.87 bits per heavy atom. The molecule has 0 radical (unpaired) electrons. The Balaban J connectivity index is 1.94. The van der Waals surface area contributed by atoms with E-state index in [9.17, 15) is 19.7 Å². The van der Waals surface area contributed by atoms with Gasteiger partial charge in [0.05, 0.1) is 22.2 Å². The van der Waals surface area contributed by atoms with Gasteiger partial charge in [-0.05, 0) is 18.2 Å². The summed E-state index contributed by atoms with van der Waals surface area (Å²) in [4.78, 5) is 33.8. The van der Waals surface area contributed by atoms with Crippen molar-refractivity contribution in [3.63, 3.8) is 0 Å². The lowest BCUT2D eigenvalue weighted by Gasteiger charge is -2.08. The number of hydrogen-bond donors (Lipinski definition) is 2. The van der Waals surface area contributed by atoms with Gasteiger partial charge in [-0.1, -0.05) is 29.8 Å². The first-order valence-electron chi connectivity index (χ1n) is 6.54. The fourth-order valence-electron chi connectivity index (χ4n) is 1.78. The van der Waals surface area contributed by atoms with Gasteiger partial charge >= 0.3 is 0 Å². The molecule has 23 heavy (non-hydrogen) atoms. The van der Waals surface area contributed by atoms with E-state index in [-0.39, 0.29) is 17.8 Å². The number of carbonyl (C=O) groups excluding carboxylic acids is 2. The molecule has 2 rings (SSSR count). The van der Waals surface area contributed by atoms with Crippen LogP contribution < -0.4 is 10.6 Å². The SMILES string of the molecule is O=C(CNC(=O)c1cccc([N+](=O)[O-])c1)Nc1ccccc1Cl. The molecule has 0 aliphatic heterocycles. The summed E-state index contributed by atoms with van der Waals surface area (Å²) in [7, 11) is 0. The van der Waals surface area contributed by atoms with Crippen LogP contribution in [0.5, 0.6) is 0 Å². The molecule has 2 aromatic rings. The molecular weight excluding hydrogens is 322 g/mol. The van der Waals surface area contributed by atoms with Crippen LogP contribution in [-0.2, 0) is 4.79 Å². The summed E-state index contributed by atoms with van der Waals surface area (Å²) in [5, 5.41) is 16.0. The number of nitro groups is 1. The number of benzene rings is 2. The fourth-order valence-corrected chi connectivity index (χ4v) is 1.96. The molecule has 0 unspecified atom stereocenters. The summed E-state index contributed by atoms with van der Waals surface area (Å²) in [5.74, 6) is -1.04. The van der Waals surface area contributed by atoms with Crippen LogP contribution in [0, 0.1) is 10.1 Å². The van der Waals surface area contributed by atoms with Gasteiger partial charge in [-0.3, -0.25) is 19.7 Å². The second-order valence-electron chi connectivity index (χ2n) is 4.52. The van der Waals surface area contributed by atoms with Crippen LogP contribution in [0.15, 0.2) is 48.5 Å². The third-order valence-electron chi connectivity index (χ3n) is 2.88. The van der Waals surface area contributed by atoms with Crippen LogP contribution in [0.25, 0.3) is 0 Å². The zero-order valence-electron chi connectivity index (χ0n) is 11.8. The highest BCUT2D eigenvalue weighted by atomic mass is 35.5. The smallest absolute Gasteiger partial charge is 0.270 e. The molecule has 0 saturated carbocycles. The molecule has 0 aromatic heterocycles. The Bertz CT molecular complexity index is 764. The number of hydrogen-bond acceptors (Lipinski definition) is 4. The lowest BCUT2D eigenvalue weighted by molar-refractivity contribution is -0.384. The van der Waals surface area contributed by atoms with E-state index < -0.39 is 16.7 Å². The molecule has 2 aromatic carbocycles. The minimum Gasteiger partial charge on any atom is -0.343 e. The standard InChI is InChI=1S/C15H12ClN3O4/c16-12-6-1-2-7-13(12)18-14(20)9-17-15(21)10-4-3-5-11(8-10)19(22)23/h1-8H,9H2,(H,17,21)(H,18,20). The molecule has 0 spiro atoms. The van der Waals surface area contributed by atoms with Gasteiger partial charge in [0, 0.05) is 17.7 Å². The number of anilines is 1. The first-order valence-corrected chi connectivity index (χ1v) is 6.92. The van der Waals surface area contributed by atoms with E-state index in [4.69, 9.17) is 11.6 Å². The summed E-state index contributed by atoms with van der Waals surface area (Å²) in [5.41, 5.74) is 0.340. The summed E-state index contributed by atoms with van der Waals surface area (Å²) in [6.07, 6.45) is 0. The van der Waals surface area contributed by atoms with E-state index in [2.05, 4.69) is 10.6 Å². The molecule has 0 fully saturated rings. The van der Waals surface area contributed by atoms with Crippen molar-refractivity contribution in [2.24, 2.45) is 0 Å². The molecule has 0 saturated heterocycles. The van der Waals surface area contributed by atoms with Gasteiger partial charge < -0.3 is 10.6 Å². The second-order valence-corrected chi connectivity index (χ2v) is 4.93. The van der Waals surface area contributed by atoms with E-state index in [0.717, 1.165) is 6.07 Å². The molecule has 2 N–H and O–H groups in total. The van der Waals surface area contributed by atoms with E-state index >= 15 is 0 Å². The molecular formula is C15H12ClN3O4. The zero-order chi connectivity index (χ0) is 16.8. The van der Waals surface area contributed by atoms with Gasteiger partial charge in [-0.2, -0.15) is 0 Å². The molecule has 0 aliphatic rings. The molecule has 0 atom stereocenters. The van der Waals surface area contributed by atoms with Crippen LogP contribution >= 0.6 is 11.6 Å². The summed E-state index contributed by atoms with van der Waals surface area (Å²) in [6.45, 7) is -0.285. The third-order valence-corrected chi connectivity index (χ3v) is 3.21. The number of para-hydroxylation sites is 1. The fraction of sp³-hybridized carbons (Fsp3) is 0.0667. The van der Waals surface area contributed by atoms with Crippen molar-refractivity contribution in [1.29, 1.82) is 0 Å². The van der Waals surface area contributed by atoms with Crippen LogP contribution in [0.1, 0.15) is 10.4 Å². The molecule has 2 amide bonds. The topological polar surface area (TPSA) is 101 Å². The number of nitro benzene ring substituents is 1. The van der Waals surface area contributed by atoms with E-state index in [1.165, 1.54) is 18.2 Å². The largest absolute Gasteiger partial charge is 0.343 e. The van der Waals surface area contributed by atoms with Gasteiger partial charge in [-0.15, -0.1) is 0 Å². The number of amides is 2. The number of nitrogens with zero attached hydrogens (tertiary/aromatic N) is 1. The van der Waals surface area contributed by atoms with Crippen LogP contribution in [0.2, 0.25) is 5.02 Å². The summed E-state index contributed by atoms with van der Waals surface area (Å²) in [6, 6.07) is 11.9. The van der Waals surface area contributed by atoms with Crippen molar-refractivity contribution in [1.82, 2.24) is 5.32 Å². The monoisotopic (exact) mass is 333 g/mol. The number of halogens is 1. The lowest BCUT2D eigenvalue weighted by atomic mass is 10.2. The van der Waals surface area contributed by atoms with Crippen molar-refractivity contribution in [2.45, 2.75) is 0 Å². The molecule has 118 valence electrons. The maximum Gasteiger partial charge on any atom is 0.270 e. The van der Waals surface area contributed by atoms with Crippen molar-refractivity contribution in [3.8, 4) is 0 Å². The second kappa shape index (κ2) is 7.37. The van der Waals surface area contributed by atoms with Gasteiger partial charge in [0.15, 0.2) is 0 Å².